The number of carboxylic acids is 1. The van der Waals surface area contributed by atoms with Crippen molar-refractivity contribution in [1.29, 1.82) is 0 Å². The van der Waals surface area contributed by atoms with E-state index in [-0.39, 0.29) is 23.8 Å². The minimum Gasteiger partial charge on any atom is -0.480 e. The van der Waals surface area contributed by atoms with Gasteiger partial charge in [-0.2, -0.15) is 0 Å². The SMILES string of the molecule is O=CC1CCCC1C(N=C(c1ccccc1)c1ccccc1NC(=O)C1CCCN1Cc1ccccc1)C(=O)O. The number of likely N-dealkylation sites (tertiary alicyclic amines) is 1. The zero-order chi connectivity index (χ0) is 27.9. The van der Waals surface area contributed by atoms with Gasteiger partial charge in [0.25, 0.3) is 0 Å². The van der Waals surface area contributed by atoms with Crippen LogP contribution in [0.3, 0.4) is 0 Å². The van der Waals surface area contributed by atoms with Crippen LogP contribution < -0.4 is 5.32 Å². The number of nitrogens with zero attached hydrogens (tertiary/aromatic N) is 2. The number of carboxylic acid groups (broad SMARTS) is 1. The van der Waals surface area contributed by atoms with Gasteiger partial charge in [-0.05, 0) is 43.9 Å². The lowest BCUT2D eigenvalue weighted by Gasteiger charge is -2.25. The summed E-state index contributed by atoms with van der Waals surface area (Å²) in [5.74, 6) is -1.81. The molecular weight excluding hydrogens is 502 g/mol. The van der Waals surface area contributed by atoms with Gasteiger partial charge < -0.3 is 15.2 Å². The van der Waals surface area contributed by atoms with Gasteiger partial charge in [0, 0.05) is 29.5 Å². The second kappa shape index (κ2) is 12.8. The molecule has 1 amide bonds. The van der Waals surface area contributed by atoms with Gasteiger partial charge in [-0.1, -0.05) is 85.3 Å². The van der Waals surface area contributed by atoms with Gasteiger partial charge in [0.2, 0.25) is 5.91 Å². The van der Waals surface area contributed by atoms with Gasteiger partial charge in [-0.25, -0.2) is 4.79 Å². The molecule has 1 heterocycles. The lowest BCUT2D eigenvalue weighted by Crippen LogP contribution is -2.39. The van der Waals surface area contributed by atoms with Gasteiger partial charge in [0.15, 0.2) is 6.04 Å². The van der Waals surface area contributed by atoms with Crippen LogP contribution in [0.4, 0.5) is 5.69 Å². The van der Waals surface area contributed by atoms with E-state index in [1.54, 1.807) is 0 Å². The number of hydrogen-bond donors (Lipinski definition) is 2. The Hall–Kier alpha value is -4.10. The second-order valence-corrected chi connectivity index (χ2v) is 10.7. The number of hydrogen-bond acceptors (Lipinski definition) is 5. The smallest absolute Gasteiger partial charge is 0.328 e. The van der Waals surface area contributed by atoms with Crippen LogP contribution in [0.5, 0.6) is 0 Å². The second-order valence-electron chi connectivity index (χ2n) is 10.7. The normalized spacial score (nSPS) is 22.1. The summed E-state index contributed by atoms with van der Waals surface area (Å²) >= 11 is 0. The standard InChI is InChI=1S/C33H35N3O4/c37-22-25-15-9-17-26(25)31(33(39)40)35-30(24-13-5-2-6-14-24)27-16-7-8-18-28(27)34-32(38)29-19-10-20-36(29)21-23-11-3-1-4-12-23/h1-8,11-14,16,18,22,25-26,29,31H,9-10,15,17,19-21H2,(H,34,38)(H,39,40). The maximum absolute atomic E-state index is 13.6. The summed E-state index contributed by atoms with van der Waals surface area (Å²) in [6.45, 7) is 1.56. The quantitative estimate of drug-likeness (QED) is 0.274. The van der Waals surface area contributed by atoms with Crippen LogP contribution in [0, 0.1) is 11.8 Å². The van der Waals surface area contributed by atoms with Crippen LogP contribution in [-0.4, -0.2) is 52.5 Å². The summed E-state index contributed by atoms with van der Waals surface area (Å²) in [4.78, 5) is 44.9. The Kier molecular flexibility index (Phi) is 8.81. The first-order chi connectivity index (χ1) is 19.5. The number of aldehydes is 1. The minimum atomic E-state index is -1.06. The summed E-state index contributed by atoms with van der Waals surface area (Å²) in [5.41, 5.74) is 3.66. The molecule has 40 heavy (non-hydrogen) atoms. The van der Waals surface area contributed by atoms with Crippen molar-refractivity contribution in [3.8, 4) is 0 Å². The largest absolute Gasteiger partial charge is 0.480 e. The van der Waals surface area contributed by atoms with Crippen molar-refractivity contribution >= 4 is 29.6 Å². The van der Waals surface area contributed by atoms with E-state index in [9.17, 15) is 19.5 Å². The predicted molar refractivity (Wildman–Crippen MR) is 155 cm³/mol. The predicted octanol–water partition coefficient (Wildman–Crippen LogP) is 5.20. The number of nitrogens with one attached hydrogen (secondary N) is 1. The fourth-order valence-corrected chi connectivity index (χ4v) is 6.09. The molecule has 3 aromatic rings. The third kappa shape index (κ3) is 6.20. The van der Waals surface area contributed by atoms with Crippen LogP contribution in [0.1, 0.15) is 48.8 Å². The number of carbonyl (C=O) groups is 3. The highest BCUT2D eigenvalue weighted by Crippen LogP contribution is 2.35. The van der Waals surface area contributed by atoms with E-state index >= 15 is 0 Å². The topological polar surface area (TPSA) is 99.1 Å². The zero-order valence-electron chi connectivity index (χ0n) is 22.5. The molecule has 0 spiro atoms. The van der Waals surface area contributed by atoms with Gasteiger partial charge >= 0.3 is 5.97 Å². The molecule has 1 aliphatic carbocycles. The van der Waals surface area contributed by atoms with E-state index < -0.39 is 12.0 Å². The fourth-order valence-electron chi connectivity index (χ4n) is 6.09. The van der Waals surface area contributed by atoms with Crippen molar-refractivity contribution < 1.29 is 19.5 Å². The van der Waals surface area contributed by atoms with Gasteiger partial charge in [-0.15, -0.1) is 0 Å². The molecule has 0 aromatic heterocycles. The average Bonchev–Trinajstić information content (AvgIpc) is 3.65. The Morgan fingerprint density at radius 2 is 1.62 bits per heavy atom. The number of benzene rings is 3. The number of carbonyl (C=O) groups excluding carboxylic acids is 2. The molecule has 2 fully saturated rings. The van der Waals surface area contributed by atoms with Crippen LogP contribution in [0.15, 0.2) is 89.9 Å². The van der Waals surface area contributed by atoms with E-state index in [1.807, 2.05) is 72.8 Å². The van der Waals surface area contributed by atoms with Crippen molar-refractivity contribution in [2.24, 2.45) is 16.8 Å². The number of rotatable bonds is 10. The minimum absolute atomic E-state index is 0.0834. The number of amides is 1. The molecule has 2 N–H and O–H groups in total. The molecule has 0 radical (unpaired) electrons. The Bertz CT molecular complexity index is 1360. The molecule has 1 saturated heterocycles. The van der Waals surface area contributed by atoms with Crippen LogP contribution >= 0.6 is 0 Å². The summed E-state index contributed by atoms with van der Waals surface area (Å²) in [5, 5.41) is 13.3. The van der Waals surface area contributed by atoms with Crippen molar-refractivity contribution in [2.45, 2.75) is 50.7 Å². The maximum atomic E-state index is 13.6. The van der Waals surface area contributed by atoms with Gasteiger partial charge in [0.1, 0.15) is 6.29 Å². The number of para-hydroxylation sites is 1. The van der Waals surface area contributed by atoms with Crippen LogP contribution in [-0.2, 0) is 20.9 Å². The molecule has 7 nitrogen and oxygen atoms in total. The van der Waals surface area contributed by atoms with Gasteiger partial charge in [-0.3, -0.25) is 14.7 Å². The first kappa shape index (κ1) is 27.5. The highest BCUT2D eigenvalue weighted by atomic mass is 16.4. The van der Waals surface area contributed by atoms with Crippen LogP contribution in [0.25, 0.3) is 0 Å². The van der Waals surface area contributed by atoms with Gasteiger partial charge in [0.05, 0.1) is 17.4 Å². The van der Waals surface area contributed by atoms with Crippen molar-refractivity contribution in [3.63, 3.8) is 0 Å². The lowest BCUT2D eigenvalue weighted by atomic mass is 9.89. The van der Waals surface area contributed by atoms with Crippen molar-refractivity contribution in [1.82, 2.24) is 4.90 Å². The van der Waals surface area contributed by atoms with Crippen LogP contribution in [0.2, 0.25) is 0 Å². The molecule has 4 unspecified atom stereocenters. The molecule has 206 valence electrons. The number of aliphatic carboxylic acids is 1. The average molecular weight is 538 g/mol. The van der Waals surface area contributed by atoms with E-state index in [4.69, 9.17) is 4.99 Å². The maximum Gasteiger partial charge on any atom is 0.328 e. The van der Waals surface area contributed by atoms with Crippen molar-refractivity contribution in [2.75, 3.05) is 11.9 Å². The summed E-state index contributed by atoms with van der Waals surface area (Å²) < 4.78 is 0. The Morgan fingerprint density at radius 1 is 0.925 bits per heavy atom. The summed E-state index contributed by atoms with van der Waals surface area (Å²) in [6, 6.07) is 25.7. The molecule has 5 rings (SSSR count). The van der Waals surface area contributed by atoms with E-state index in [2.05, 4.69) is 22.3 Å². The first-order valence-electron chi connectivity index (χ1n) is 14.0. The number of aliphatic imine (C=N–C) groups is 1. The molecule has 1 saturated carbocycles. The highest BCUT2D eigenvalue weighted by molar-refractivity contribution is 6.17. The molecule has 4 atom stereocenters. The van der Waals surface area contributed by atoms with E-state index in [0.717, 1.165) is 37.7 Å². The third-order valence-corrected chi connectivity index (χ3v) is 8.11. The zero-order valence-corrected chi connectivity index (χ0v) is 22.5. The summed E-state index contributed by atoms with van der Waals surface area (Å²) in [7, 11) is 0. The molecule has 0 bridgehead atoms. The first-order valence-corrected chi connectivity index (χ1v) is 14.0. The molecule has 2 aliphatic rings. The lowest BCUT2D eigenvalue weighted by molar-refractivity contribution is -0.140. The van der Waals surface area contributed by atoms with E-state index in [0.29, 0.717) is 36.3 Å². The molecular formula is C33H35N3O4. The fraction of sp³-hybridized carbons (Fsp3) is 0.333. The molecule has 3 aromatic carbocycles. The Balaban J connectivity index is 1.47. The Morgan fingerprint density at radius 3 is 2.35 bits per heavy atom. The summed E-state index contributed by atoms with van der Waals surface area (Å²) in [6.07, 6.45) is 4.73. The Labute approximate surface area is 234 Å². The number of anilines is 1. The van der Waals surface area contributed by atoms with E-state index in [1.165, 1.54) is 5.56 Å². The highest BCUT2D eigenvalue weighted by Gasteiger charge is 2.38. The molecule has 7 heteroatoms. The molecule has 1 aliphatic heterocycles. The third-order valence-electron chi connectivity index (χ3n) is 8.11. The monoisotopic (exact) mass is 537 g/mol. The van der Waals surface area contributed by atoms with Crippen molar-refractivity contribution in [3.05, 3.63) is 102 Å².